The van der Waals surface area contributed by atoms with Crippen LogP contribution in [0.25, 0.3) is 0 Å². The number of carbonyl (C=O) groups is 2. The fourth-order valence-electron chi connectivity index (χ4n) is 3.76. The average Bonchev–Trinajstić information content (AvgIpc) is 3.23. The van der Waals surface area contributed by atoms with Crippen molar-refractivity contribution in [2.45, 2.75) is 12.8 Å². The Labute approximate surface area is 133 Å². The molecule has 4 rings (SSSR count). The molecular weight excluding hydrogens is 290 g/mol. The molecule has 0 N–H and O–H groups in total. The second kappa shape index (κ2) is 4.88. The predicted molar refractivity (Wildman–Crippen MR) is 85.1 cm³/mol. The number of hydrogen-bond donors (Lipinski definition) is 0. The minimum absolute atomic E-state index is 0.0344. The Kier molecular flexibility index (Phi) is 2.94. The molecule has 0 aromatic heterocycles. The van der Waals surface area contributed by atoms with E-state index in [9.17, 15) is 9.59 Å². The van der Waals surface area contributed by atoms with Crippen LogP contribution in [0.5, 0.6) is 0 Å². The first kappa shape index (κ1) is 13.9. The van der Waals surface area contributed by atoms with Crippen molar-refractivity contribution in [3.8, 4) is 0 Å². The summed E-state index contributed by atoms with van der Waals surface area (Å²) in [5.74, 6) is -1.12. The maximum atomic E-state index is 13.0. The normalized spacial score (nSPS) is 28.4. The van der Waals surface area contributed by atoms with Crippen LogP contribution in [0.3, 0.4) is 0 Å². The van der Waals surface area contributed by atoms with Crippen LogP contribution in [-0.2, 0) is 9.63 Å². The molecule has 0 radical (unpaired) electrons. The quantitative estimate of drug-likeness (QED) is 0.646. The Hall–Kier alpha value is -2.75. The molecule has 3 atom stereocenters. The third-order valence-electron chi connectivity index (χ3n) is 4.91. The number of carbonyl (C=O) groups excluding carboxylic acids is 2. The van der Waals surface area contributed by atoms with Gasteiger partial charge in [-0.05, 0) is 12.5 Å². The largest absolute Gasteiger partial charge is 0.348 e. The van der Waals surface area contributed by atoms with Crippen LogP contribution in [0.15, 0.2) is 65.8 Å². The number of nitrogens with zero attached hydrogens (tertiary/aromatic N) is 1. The van der Waals surface area contributed by atoms with Gasteiger partial charge in [0.2, 0.25) is 0 Å². The summed E-state index contributed by atoms with van der Waals surface area (Å²) in [6.07, 6.45) is 0. The maximum Gasteiger partial charge on any atom is 0.348 e. The third-order valence-corrected chi connectivity index (χ3v) is 4.91. The first-order chi connectivity index (χ1) is 11.2. The molecule has 1 aliphatic carbocycles. The average molecular weight is 305 g/mol. The zero-order valence-corrected chi connectivity index (χ0v) is 12.6. The maximum absolute atomic E-state index is 13.0. The van der Waals surface area contributed by atoms with Crippen molar-refractivity contribution in [1.29, 1.82) is 0 Å². The molecule has 1 aliphatic heterocycles. The van der Waals surface area contributed by atoms with Crippen LogP contribution in [0.4, 0.5) is 0 Å². The molecule has 1 spiro atoms. The third kappa shape index (κ3) is 1.81. The van der Waals surface area contributed by atoms with Crippen molar-refractivity contribution in [2.24, 2.45) is 16.5 Å². The molecule has 1 heterocycles. The van der Waals surface area contributed by atoms with Gasteiger partial charge in [0.15, 0.2) is 5.78 Å². The molecule has 2 aliphatic rings. The van der Waals surface area contributed by atoms with E-state index in [4.69, 9.17) is 4.84 Å². The second-order valence-electron chi connectivity index (χ2n) is 6.02. The van der Waals surface area contributed by atoms with E-state index in [2.05, 4.69) is 5.16 Å². The lowest BCUT2D eigenvalue weighted by Crippen LogP contribution is -2.24. The summed E-state index contributed by atoms with van der Waals surface area (Å²) in [7, 11) is 0. The molecule has 0 amide bonds. The van der Waals surface area contributed by atoms with Crippen molar-refractivity contribution >= 4 is 17.5 Å². The minimum atomic E-state index is -0.936. The van der Waals surface area contributed by atoms with E-state index in [1.54, 1.807) is 19.1 Å². The Morgan fingerprint density at radius 1 is 1.04 bits per heavy atom. The van der Waals surface area contributed by atoms with Gasteiger partial charge >= 0.3 is 5.97 Å². The van der Waals surface area contributed by atoms with E-state index in [1.807, 2.05) is 48.5 Å². The van der Waals surface area contributed by atoms with Gasteiger partial charge in [-0.1, -0.05) is 65.8 Å². The van der Waals surface area contributed by atoms with E-state index < -0.39 is 17.3 Å². The van der Waals surface area contributed by atoms with Gasteiger partial charge in [-0.25, -0.2) is 4.79 Å². The zero-order chi connectivity index (χ0) is 16.0. The fourth-order valence-corrected chi connectivity index (χ4v) is 3.76. The predicted octanol–water partition coefficient (Wildman–Crippen LogP) is 3.20. The molecule has 2 aromatic carbocycles. The van der Waals surface area contributed by atoms with Gasteiger partial charge in [-0.2, -0.15) is 0 Å². The van der Waals surface area contributed by atoms with E-state index >= 15 is 0 Å². The number of Topliss-reactive ketones (excluding diaryl/α,β-unsaturated/α-hetero) is 1. The molecule has 1 saturated carbocycles. The molecular formula is C19H15NO3. The van der Waals surface area contributed by atoms with E-state index in [1.165, 1.54) is 0 Å². The van der Waals surface area contributed by atoms with Gasteiger partial charge in [-0.3, -0.25) is 4.79 Å². The molecule has 0 saturated heterocycles. The lowest BCUT2D eigenvalue weighted by molar-refractivity contribution is -0.145. The highest BCUT2D eigenvalue weighted by Gasteiger charge is 2.77. The molecule has 114 valence electrons. The van der Waals surface area contributed by atoms with Crippen LogP contribution in [0, 0.1) is 11.3 Å². The number of benzene rings is 2. The number of hydrogen-bond acceptors (Lipinski definition) is 4. The Morgan fingerprint density at radius 3 is 2.22 bits per heavy atom. The molecule has 0 bridgehead atoms. The topological polar surface area (TPSA) is 55.7 Å². The summed E-state index contributed by atoms with van der Waals surface area (Å²) < 4.78 is 0. The van der Waals surface area contributed by atoms with Gasteiger partial charge in [0.1, 0.15) is 5.41 Å². The molecule has 0 unspecified atom stereocenters. The van der Waals surface area contributed by atoms with E-state index in [-0.39, 0.29) is 11.7 Å². The van der Waals surface area contributed by atoms with Crippen LogP contribution in [-0.4, -0.2) is 17.5 Å². The van der Waals surface area contributed by atoms with Gasteiger partial charge < -0.3 is 4.84 Å². The van der Waals surface area contributed by atoms with Gasteiger partial charge in [0.05, 0.1) is 11.6 Å². The van der Waals surface area contributed by atoms with Crippen molar-refractivity contribution in [2.75, 3.05) is 0 Å². The highest BCUT2D eigenvalue weighted by Crippen LogP contribution is 2.68. The molecule has 4 nitrogen and oxygen atoms in total. The SMILES string of the molecule is CC1=NOC(=O)[C@@]12[C@H](C(=O)c1ccccc1)[C@@H]2c1ccccc1. The fraction of sp³-hybridized carbons (Fsp3) is 0.211. The first-order valence-electron chi connectivity index (χ1n) is 7.58. The van der Waals surface area contributed by atoms with E-state index in [0.29, 0.717) is 11.3 Å². The monoisotopic (exact) mass is 305 g/mol. The number of ketones is 1. The standard InChI is InChI=1S/C19H15NO3/c1-12-19(18(22)23-20-12)15(13-8-4-2-5-9-13)16(19)17(21)14-10-6-3-7-11-14/h2-11,15-16H,1H3/t15-,16-,19-/m0/s1. The van der Waals surface area contributed by atoms with Crippen LogP contribution >= 0.6 is 0 Å². The first-order valence-corrected chi connectivity index (χ1v) is 7.58. The molecule has 4 heteroatoms. The summed E-state index contributed by atoms with van der Waals surface area (Å²) in [4.78, 5) is 30.3. The lowest BCUT2D eigenvalue weighted by Gasteiger charge is -2.05. The van der Waals surface area contributed by atoms with Crippen LogP contribution in [0.1, 0.15) is 28.8 Å². The smallest absolute Gasteiger partial charge is 0.317 e. The zero-order valence-electron chi connectivity index (χ0n) is 12.6. The van der Waals surface area contributed by atoms with Gasteiger partial charge in [0, 0.05) is 11.5 Å². The van der Waals surface area contributed by atoms with Crippen LogP contribution in [0.2, 0.25) is 0 Å². The Morgan fingerprint density at radius 2 is 1.65 bits per heavy atom. The number of rotatable bonds is 3. The summed E-state index contributed by atoms with van der Waals surface area (Å²) in [6, 6.07) is 18.7. The van der Waals surface area contributed by atoms with E-state index in [0.717, 1.165) is 5.56 Å². The summed E-state index contributed by atoms with van der Waals surface area (Å²) in [5.41, 5.74) is 1.23. The summed E-state index contributed by atoms with van der Waals surface area (Å²) in [6.45, 7) is 1.76. The molecule has 1 fully saturated rings. The van der Waals surface area contributed by atoms with Crippen molar-refractivity contribution in [3.05, 3.63) is 71.8 Å². The number of oxime groups is 1. The second-order valence-corrected chi connectivity index (χ2v) is 6.02. The van der Waals surface area contributed by atoms with Gasteiger partial charge in [-0.15, -0.1) is 0 Å². The summed E-state index contributed by atoms with van der Waals surface area (Å²) in [5, 5.41) is 3.85. The Bertz CT molecular complexity index is 813. The molecule has 2 aromatic rings. The van der Waals surface area contributed by atoms with Crippen molar-refractivity contribution in [3.63, 3.8) is 0 Å². The van der Waals surface area contributed by atoms with Crippen molar-refractivity contribution < 1.29 is 14.4 Å². The summed E-state index contributed by atoms with van der Waals surface area (Å²) >= 11 is 0. The van der Waals surface area contributed by atoms with Gasteiger partial charge in [0.25, 0.3) is 0 Å². The minimum Gasteiger partial charge on any atom is -0.317 e. The van der Waals surface area contributed by atoms with Crippen LogP contribution < -0.4 is 0 Å². The van der Waals surface area contributed by atoms with Crippen molar-refractivity contribution in [1.82, 2.24) is 0 Å². The Balaban J connectivity index is 1.80. The highest BCUT2D eigenvalue weighted by molar-refractivity contribution is 6.20. The molecule has 23 heavy (non-hydrogen) atoms. The highest BCUT2D eigenvalue weighted by atomic mass is 16.7. The lowest BCUT2D eigenvalue weighted by atomic mass is 9.93.